The summed E-state index contributed by atoms with van der Waals surface area (Å²) in [5.41, 5.74) is 5.21. The van der Waals surface area contributed by atoms with Crippen LogP contribution in [-0.4, -0.2) is 49.1 Å². The lowest BCUT2D eigenvalue weighted by atomic mass is 9.99. The number of nitrogens with zero attached hydrogens (tertiary/aromatic N) is 1. The van der Waals surface area contributed by atoms with Crippen molar-refractivity contribution in [2.24, 2.45) is 5.92 Å². The Bertz CT molecular complexity index is 482. The van der Waals surface area contributed by atoms with Crippen molar-refractivity contribution in [3.63, 3.8) is 0 Å². The van der Waals surface area contributed by atoms with Crippen molar-refractivity contribution >= 4 is 33.3 Å². The minimum atomic E-state index is -3.24. The number of unbranched alkanes of at least 4 members (excludes halogenated alkanes) is 1. The monoisotopic (exact) mass is 350 g/mol. The van der Waals surface area contributed by atoms with E-state index in [0.717, 1.165) is 19.4 Å². The number of nitrogens with one attached hydrogen (secondary N) is 3. The van der Waals surface area contributed by atoms with Gasteiger partial charge in [0.15, 0.2) is 5.11 Å². The van der Waals surface area contributed by atoms with Gasteiger partial charge in [0, 0.05) is 19.6 Å². The lowest BCUT2D eigenvalue weighted by Gasteiger charge is -2.30. The third kappa shape index (κ3) is 6.05. The first kappa shape index (κ1) is 19.1. The summed E-state index contributed by atoms with van der Waals surface area (Å²) < 4.78 is 25.2. The Hall–Kier alpha value is -0.930. The lowest BCUT2D eigenvalue weighted by molar-refractivity contribution is -0.126. The van der Waals surface area contributed by atoms with Crippen molar-refractivity contribution in [3.05, 3.63) is 0 Å². The van der Waals surface area contributed by atoms with E-state index >= 15 is 0 Å². The van der Waals surface area contributed by atoms with Crippen molar-refractivity contribution in [2.75, 3.05) is 25.4 Å². The van der Waals surface area contributed by atoms with E-state index in [1.165, 1.54) is 4.31 Å². The molecule has 0 radical (unpaired) electrons. The zero-order valence-corrected chi connectivity index (χ0v) is 14.9. The minimum Gasteiger partial charge on any atom is -0.361 e. The van der Waals surface area contributed by atoms with Gasteiger partial charge in [-0.25, -0.2) is 12.7 Å². The van der Waals surface area contributed by atoms with Crippen molar-refractivity contribution in [2.45, 2.75) is 39.5 Å². The van der Waals surface area contributed by atoms with Crippen LogP contribution in [0.5, 0.6) is 0 Å². The maximum atomic E-state index is 12.1. The number of amides is 1. The van der Waals surface area contributed by atoms with Gasteiger partial charge in [0.25, 0.3) is 0 Å². The van der Waals surface area contributed by atoms with Crippen LogP contribution in [0.25, 0.3) is 0 Å². The Balaban J connectivity index is 2.40. The van der Waals surface area contributed by atoms with Gasteiger partial charge in [0.05, 0.1) is 11.7 Å². The van der Waals surface area contributed by atoms with Gasteiger partial charge in [-0.2, -0.15) is 0 Å². The van der Waals surface area contributed by atoms with Gasteiger partial charge in [-0.3, -0.25) is 15.6 Å². The topological polar surface area (TPSA) is 90.5 Å². The number of piperidine rings is 1. The van der Waals surface area contributed by atoms with Gasteiger partial charge < -0.3 is 5.32 Å². The van der Waals surface area contributed by atoms with E-state index in [9.17, 15) is 13.2 Å². The SMILES string of the molecule is CCCCNC(=S)NNC(=O)C1CCCN(S(=O)(=O)CC)C1. The molecule has 1 atom stereocenters. The Morgan fingerprint density at radius 3 is 2.68 bits per heavy atom. The fraction of sp³-hybridized carbons (Fsp3) is 0.846. The van der Waals surface area contributed by atoms with E-state index in [4.69, 9.17) is 12.2 Å². The first-order valence-electron chi connectivity index (χ1n) is 7.72. The maximum Gasteiger partial charge on any atom is 0.242 e. The molecule has 0 bridgehead atoms. The van der Waals surface area contributed by atoms with Gasteiger partial charge in [-0.15, -0.1) is 0 Å². The van der Waals surface area contributed by atoms with E-state index in [2.05, 4.69) is 23.1 Å². The molecule has 0 aromatic heterocycles. The van der Waals surface area contributed by atoms with Crippen LogP contribution < -0.4 is 16.2 Å². The number of carbonyl (C=O) groups is 1. The Morgan fingerprint density at radius 2 is 2.05 bits per heavy atom. The minimum absolute atomic E-state index is 0.0605. The average Bonchev–Trinajstić information content (AvgIpc) is 2.53. The molecular formula is C13H26N4O3S2. The quantitative estimate of drug-likeness (QED) is 0.364. The zero-order valence-electron chi connectivity index (χ0n) is 13.2. The summed E-state index contributed by atoms with van der Waals surface area (Å²) in [5, 5.41) is 3.35. The predicted molar refractivity (Wildman–Crippen MR) is 90.5 cm³/mol. The average molecular weight is 351 g/mol. The van der Waals surface area contributed by atoms with E-state index in [1.807, 2.05) is 0 Å². The summed E-state index contributed by atoms with van der Waals surface area (Å²) in [7, 11) is -3.24. The summed E-state index contributed by atoms with van der Waals surface area (Å²) >= 11 is 5.05. The molecule has 1 fully saturated rings. The molecule has 128 valence electrons. The molecule has 0 spiro atoms. The maximum absolute atomic E-state index is 12.1. The van der Waals surface area contributed by atoms with Gasteiger partial charge in [-0.05, 0) is 38.4 Å². The van der Waals surface area contributed by atoms with Crippen LogP contribution in [0.3, 0.4) is 0 Å². The van der Waals surface area contributed by atoms with Crippen LogP contribution in [0.15, 0.2) is 0 Å². The molecule has 0 aromatic rings. The molecule has 1 rings (SSSR count). The number of thiocarbonyl (C=S) groups is 1. The van der Waals surface area contributed by atoms with Crippen LogP contribution in [0.2, 0.25) is 0 Å². The number of carbonyl (C=O) groups excluding carboxylic acids is 1. The molecule has 1 amide bonds. The molecule has 1 saturated heterocycles. The molecular weight excluding hydrogens is 324 g/mol. The summed E-state index contributed by atoms with van der Waals surface area (Å²) in [4.78, 5) is 12.1. The summed E-state index contributed by atoms with van der Waals surface area (Å²) in [6, 6.07) is 0. The second kappa shape index (κ2) is 9.26. The first-order chi connectivity index (χ1) is 10.4. The Labute approximate surface area is 138 Å². The fourth-order valence-electron chi connectivity index (χ4n) is 2.23. The van der Waals surface area contributed by atoms with Crippen LogP contribution in [0, 0.1) is 5.92 Å². The summed E-state index contributed by atoms with van der Waals surface area (Å²) in [6.07, 6.45) is 3.43. The van der Waals surface area contributed by atoms with Gasteiger partial charge in [0.1, 0.15) is 0 Å². The van der Waals surface area contributed by atoms with E-state index in [-0.39, 0.29) is 24.1 Å². The summed E-state index contributed by atoms with van der Waals surface area (Å²) in [5.74, 6) is -0.512. The number of sulfonamides is 1. The normalized spacial score (nSPS) is 19.5. The van der Waals surface area contributed by atoms with Crippen LogP contribution in [0.1, 0.15) is 39.5 Å². The van der Waals surface area contributed by atoms with Gasteiger partial charge in [0.2, 0.25) is 15.9 Å². The van der Waals surface area contributed by atoms with Crippen molar-refractivity contribution < 1.29 is 13.2 Å². The van der Waals surface area contributed by atoms with Gasteiger partial charge >= 0.3 is 0 Å². The molecule has 7 nitrogen and oxygen atoms in total. The summed E-state index contributed by atoms with van der Waals surface area (Å²) in [6.45, 7) is 5.17. The highest BCUT2D eigenvalue weighted by molar-refractivity contribution is 7.89. The number of hydrogen-bond acceptors (Lipinski definition) is 4. The zero-order chi connectivity index (χ0) is 16.6. The molecule has 3 N–H and O–H groups in total. The highest BCUT2D eigenvalue weighted by Crippen LogP contribution is 2.19. The van der Waals surface area contributed by atoms with Crippen molar-refractivity contribution in [1.29, 1.82) is 0 Å². The van der Waals surface area contributed by atoms with Crippen molar-refractivity contribution in [1.82, 2.24) is 20.5 Å². The van der Waals surface area contributed by atoms with E-state index < -0.39 is 10.0 Å². The van der Waals surface area contributed by atoms with E-state index in [1.54, 1.807) is 6.92 Å². The number of hydrazine groups is 1. The van der Waals surface area contributed by atoms with E-state index in [0.29, 0.717) is 24.5 Å². The Kier molecular flexibility index (Phi) is 8.05. The van der Waals surface area contributed by atoms with Crippen LogP contribution in [0.4, 0.5) is 0 Å². The highest BCUT2D eigenvalue weighted by Gasteiger charge is 2.31. The smallest absolute Gasteiger partial charge is 0.242 e. The number of hydrogen-bond donors (Lipinski definition) is 3. The second-order valence-corrected chi connectivity index (χ2v) is 7.99. The van der Waals surface area contributed by atoms with Crippen LogP contribution in [-0.2, 0) is 14.8 Å². The molecule has 1 heterocycles. The molecule has 1 unspecified atom stereocenters. The standard InChI is InChI=1S/C13H26N4O3S2/c1-3-5-8-14-13(21)16-15-12(18)11-7-6-9-17(10-11)22(19,20)4-2/h11H,3-10H2,1-2H3,(H,15,18)(H2,14,16,21). The van der Waals surface area contributed by atoms with Crippen LogP contribution >= 0.6 is 12.2 Å². The largest absolute Gasteiger partial charge is 0.361 e. The molecule has 1 aliphatic heterocycles. The highest BCUT2D eigenvalue weighted by atomic mass is 32.2. The molecule has 1 aliphatic rings. The lowest BCUT2D eigenvalue weighted by Crippen LogP contribution is -2.52. The second-order valence-electron chi connectivity index (χ2n) is 5.32. The van der Waals surface area contributed by atoms with Gasteiger partial charge in [-0.1, -0.05) is 13.3 Å². The fourth-order valence-corrected chi connectivity index (χ4v) is 3.57. The first-order valence-corrected chi connectivity index (χ1v) is 9.74. The third-order valence-corrected chi connectivity index (χ3v) is 5.72. The van der Waals surface area contributed by atoms with Crippen molar-refractivity contribution in [3.8, 4) is 0 Å². The molecule has 9 heteroatoms. The third-order valence-electron chi connectivity index (χ3n) is 3.63. The molecule has 0 aromatic carbocycles. The molecule has 22 heavy (non-hydrogen) atoms. The number of rotatable bonds is 6. The molecule has 0 saturated carbocycles. The molecule has 0 aliphatic carbocycles. The Morgan fingerprint density at radius 1 is 1.32 bits per heavy atom. The predicted octanol–water partition coefficient (Wildman–Crippen LogP) is 0.344.